The van der Waals surface area contributed by atoms with Crippen molar-refractivity contribution < 1.29 is 9.59 Å². The molecule has 8 heteroatoms. The molecule has 0 N–H and O–H groups in total. The van der Waals surface area contributed by atoms with Gasteiger partial charge in [-0.15, -0.1) is 0 Å². The third kappa shape index (κ3) is 5.06. The highest BCUT2D eigenvalue weighted by atomic mass is 79.9. The Morgan fingerprint density at radius 1 is 0.973 bits per heavy atom. The summed E-state index contributed by atoms with van der Waals surface area (Å²) in [5.74, 6) is -0.324. The average Bonchev–Trinajstić information content (AvgIpc) is 3.21. The van der Waals surface area contributed by atoms with E-state index in [-0.39, 0.29) is 30.3 Å². The van der Waals surface area contributed by atoms with E-state index in [0.29, 0.717) is 51.6 Å². The Labute approximate surface area is 228 Å². The number of hydrogen-bond donors (Lipinski definition) is 0. The van der Waals surface area contributed by atoms with E-state index in [1.165, 1.54) is 4.57 Å². The first-order valence-electron chi connectivity index (χ1n) is 12.1. The maximum Gasteiger partial charge on any atom is 0.333 e. The summed E-state index contributed by atoms with van der Waals surface area (Å²) in [7, 11) is 0. The molecule has 6 nitrogen and oxygen atoms in total. The number of aromatic nitrogens is 2. The molecule has 0 saturated heterocycles. The SMILES string of the molecule is Cc1ccc(-n2c(C(=O)CCc3ccccc3)c3n(c2=O)CCN(C(=O)c2ccc(Br)c(Cl)c2)C3)cc1. The molecule has 5 rings (SSSR count). The Kier molecular flexibility index (Phi) is 7.17. The van der Waals surface area contributed by atoms with Crippen LogP contribution in [0.2, 0.25) is 5.02 Å². The third-order valence-electron chi connectivity index (χ3n) is 6.67. The van der Waals surface area contributed by atoms with Gasteiger partial charge < -0.3 is 4.90 Å². The Morgan fingerprint density at radius 3 is 2.41 bits per heavy atom. The number of Topliss-reactive ketones (excluding diaryl/α,β-unsaturated/α-hetero) is 1. The average molecular weight is 579 g/mol. The Balaban J connectivity index is 1.53. The number of nitrogens with zero attached hydrogens (tertiary/aromatic N) is 3. The Bertz CT molecular complexity index is 1540. The Morgan fingerprint density at radius 2 is 1.70 bits per heavy atom. The zero-order chi connectivity index (χ0) is 26.1. The van der Waals surface area contributed by atoms with Crippen LogP contribution in [-0.2, 0) is 19.5 Å². The molecule has 1 aromatic heterocycles. The van der Waals surface area contributed by atoms with E-state index in [1.54, 1.807) is 27.7 Å². The molecule has 0 radical (unpaired) electrons. The lowest BCUT2D eigenvalue weighted by Crippen LogP contribution is -2.41. The molecule has 0 bridgehead atoms. The highest BCUT2D eigenvalue weighted by molar-refractivity contribution is 9.10. The normalized spacial score (nSPS) is 12.9. The van der Waals surface area contributed by atoms with Crippen LogP contribution < -0.4 is 5.69 Å². The Hall–Kier alpha value is -3.42. The molecule has 188 valence electrons. The van der Waals surface area contributed by atoms with Crippen LogP contribution in [0.5, 0.6) is 0 Å². The van der Waals surface area contributed by atoms with E-state index in [2.05, 4.69) is 15.9 Å². The molecule has 0 unspecified atom stereocenters. The van der Waals surface area contributed by atoms with Gasteiger partial charge in [-0.25, -0.2) is 4.79 Å². The van der Waals surface area contributed by atoms with E-state index in [0.717, 1.165) is 11.1 Å². The molecule has 1 aliphatic rings. The van der Waals surface area contributed by atoms with E-state index >= 15 is 0 Å². The van der Waals surface area contributed by atoms with Crippen molar-refractivity contribution in [3.05, 3.63) is 121 Å². The van der Waals surface area contributed by atoms with Crippen molar-refractivity contribution in [1.29, 1.82) is 0 Å². The van der Waals surface area contributed by atoms with Crippen molar-refractivity contribution >= 4 is 39.2 Å². The van der Waals surface area contributed by atoms with Crippen LogP contribution in [0.4, 0.5) is 0 Å². The van der Waals surface area contributed by atoms with Crippen LogP contribution in [0, 0.1) is 6.92 Å². The number of imidazole rings is 1. The highest BCUT2D eigenvalue weighted by Gasteiger charge is 2.32. The predicted octanol–water partition coefficient (Wildman–Crippen LogP) is 5.83. The number of amides is 1. The van der Waals surface area contributed by atoms with Gasteiger partial charge in [-0.1, -0.05) is 59.6 Å². The van der Waals surface area contributed by atoms with Crippen molar-refractivity contribution in [3.8, 4) is 5.69 Å². The second kappa shape index (κ2) is 10.5. The minimum absolute atomic E-state index is 0.128. The molecule has 1 amide bonds. The second-order valence-corrected chi connectivity index (χ2v) is 10.4. The van der Waals surface area contributed by atoms with Gasteiger partial charge in [0.1, 0.15) is 5.69 Å². The van der Waals surface area contributed by atoms with E-state index in [1.807, 2.05) is 61.5 Å². The summed E-state index contributed by atoms with van der Waals surface area (Å²) < 4.78 is 3.85. The number of halogens is 2. The molecule has 37 heavy (non-hydrogen) atoms. The third-order valence-corrected chi connectivity index (χ3v) is 7.91. The summed E-state index contributed by atoms with van der Waals surface area (Å²) >= 11 is 9.58. The first kappa shape index (κ1) is 25.2. The van der Waals surface area contributed by atoms with Gasteiger partial charge >= 0.3 is 5.69 Å². The summed E-state index contributed by atoms with van der Waals surface area (Å²) in [6, 6.07) is 22.4. The van der Waals surface area contributed by atoms with Crippen LogP contribution in [-0.4, -0.2) is 32.3 Å². The lowest BCUT2D eigenvalue weighted by Gasteiger charge is -2.28. The summed E-state index contributed by atoms with van der Waals surface area (Å²) in [5, 5.41) is 0.446. The van der Waals surface area contributed by atoms with Crippen molar-refractivity contribution in [2.75, 3.05) is 6.54 Å². The number of ketones is 1. The zero-order valence-corrected chi connectivity index (χ0v) is 22.6. The molecule has 4 aromatic rings. The van der Waals surface area contributed by atoms with Crippen molar-refractivity contribution in [2.45, 2.75) is 32.9 Å². The molecule has 0 saturated carbocycles. The fraction of sp³-hybridized carbons (Fsp3) is 0.207. The minimum atomic E-state index is -0.263. The second-order valence-electron chi connectivity index (χ2n) is 9.16. The molecule has 0 fully saturated rings. The lowest BCUT2D eigenvalue weighted by molar-refractivity contribution is 0.0707. The van der Waals surface area contributed by atoms with Crippen molar-refractivity contribution in [2.24, 2.45) is 0 Å². The van der Waals surface area contributed by atoms with Gasteiger partial charge in [0.25, 0.3) is 5.91 Å². The maximum atomic E-state index is 13.7. The highest BCUT2D eigenvalue weighted by Crippen LogP contribution is 2.26. The molecular weight excluding hydrogens is 554 g/mol. The van der Waals surface area contributed by atoms with Crippen LogP contribution >= 0.6 is 27.5 Å². The van der Waals surface area contributed by atoms with Crippen molar-refractivity contribution in [1.82, 2.24) is 14.0 Å². The van der Waals surface area contributed by atoms with Gasteiger partial charge in [-0.3, -0.25) is 18.7 Å². The molecule has 3 aromatic carbocycles. The molecule has 2 heterocycles. The summed E-state index contributed by atoms with van der Waals surface area (Å²) in [4.78, 5) is 42.3. The molecular formula is C29H25BrClN3O3. The smallest absolute Gasteiger partial charge is 0.331 e. The van der Waals surface area contributed by atoms with Gasteiger partial charge in [-0.05, 0) is 65.2 Å². The molecule has 0 spiro atoms. The fourth-order valence-electron chi connectivity index (χ4n) is 4.69. The predicted molar refractivity (Wildman–Crippen MR) is 148 cm³/mol. The monoisotopic (exact) mass is 577 g/mol. The van der Waals surface area contributed by atoms with E-state index < -0.39 is 0 Å². The number of carbonyl (C=O) groups is 2. The van der Waals surface area contributed by atoms with Gasteiger partial charge in [-0.2, -0.15) is 0 Å². The zero-order valence-electron chi connectivity index (χ0n) is 20.3. The fourth-order valence-corrected chi connectivity index (χ4v) is 5.11. The van der Waals surface area contributed by atoms with Crippen LogP contribution in [0.25, 0.3) is 5.69 Å². The van der Waals surface area contributed by atoms with E-state index in [9.17, 15) is 14.4 Å². The topological polar surface area (TPSA) is 64.3 Å². The lowest BCUT2D eigenvalue weighted by atomic mass is 10.0. The number of benzene rings is 3. The first-order valence-corrected chi connectivity index (χ1v) is 13.2. The maximum absolute atomic E-state index is 13.7. The summed E-state index contributed by atoms with van der Waals surface area (Å²) in [6.07, 6.45) is 0.814. The van der Waals surface area contributed by atoms with Gasteiger partial charge in [0, 0.05) is 29.5 Å². The molecule has 1 aliphatic heterocycles. The summed E-state index contributed by atoms with van der Waals surface area (Å²) in [6.45, 7) is 2.80. The van der Waals surface area contributed by atoms with Gasteiger partial charge in [0.05, 0.1) is 22.9 Å². The van der Waals surface area contributed by atoms with Crippen molar-refractivity contribution in [3.63, 3.8) is 0 Å². The number of rotatable bonds is 6. The first-order chi connectivity index (χ1) is 17.8. The molecule has 0 atom stereocenters. The number of fused-ring (bicyclic) bond motifs is 1. The van der Waals surface area contributed by atoms with Crippen LogP contribution in [0.3, 0.4) is 0 Å². The largest absolute Gasteiger partial charge is 0.333 e. The van der Waals surface area contributed by atoms with E-state index in [4.69, 9.17) is 11.6 Å². The number of hydrogen-bond acceptors (Lipinski definition) is 3. The summed E-state index contributed by atoms with van der Waals surface area (Å²) in [5.41, 5.74) is 3.85. The quantitative estimate of drug-likeness (QED) is 0.270. The molecule has 0 aliphatic carbocycles. The van der Waals surface area contributed by atoms with Gasteiger partial charge in [0.2, 0.25) is 0 Å². The number of carbonyl (C=O) groups excluding carboxylic acids is 2. The standard InChI is InChI=1S/C29H25BrClN3O3/c1-19-7-11-22(12-8-19)34-27(26(35)14-9-20-5-3-2-4-6-20)25-18-32(15-16-33(25)29(34)37)28(36)21-10-13-23(30)24(31)17-21/h2-8,10-13,17H,9,14-16,18H2,1H3. The van der Waals surface area contributed by atoms with Crippen LogP contribution in [0.15, 0.2) is 82.1 Å². The number of aryl methyl sites for hydroxylation is 2. The minimum Gasteiger partial charge on any atom is -0.331 e. The van der Waals surface area contributed by atoms with Crippen LogP contribution in [0.1, 0.15) is 44.1 Å². The van der Waals surface area contributed by atoms with Gasteiger partial charge in [0.15, 0.2) is 5.78 Å².